The summed E-state index contributed by atoms with van der Waals surface area (Å²) in [5, 5.41) is 7.99. The number of carbonyl (C=O) groups excluding carboxylic acids is 1. The fraction of sp³-hybridized carbons (Fsp3) is 0.0625. The van der Waals surface area contributed by atoms with Crippen LogP contribution in [0.4, 0.5) is 5.69 Å². The van der Waals surface area contributed by atoms with Crippen LogP contribution in [0.2, 0.25) is 0 Å². The molecule has 0 saturated carbocycles. The Kier molecular flexibility index (Phi) is 3.47. The lowest BCUT2D eigenvalue weighted by molar-refractivity contribution is -0.112. The number of nitrogens with zero attached hydrogens (tertiary/aromatic N) is 3. The second kappa shape index (κ2) is 5.58. The molecule has 0 bridgehead atoms. The monoisotopic (exact) mass is 279 g/mol. The third kappa shape index (κ3) is 2.41. The van der Waals surface area contributed by atoms with E-state index in [1.165, 1.54) is 6.21 Å². The molecule has 1 aromatic heterocycles. The van der Waals surface area contributed by atoms with Crippen molar-refractivity contribution in [1.82, 2.24) is 0 Å². The highest BCUT2D eigenvalue weighted by Gasteiger charge is 2.32. The van der Waals surface area contributed by atoms with Crippen LogP contribution < -0.4 is 4.90 Å². The number of benzene rings is 1. The van der Waals surface area contributed by atoms with Crippen LogP contribution in [0.25, 0.3) is 0 Å². The normalized spacial score (nSPS) is 15.9. The molecule has 5 nitrogen and oxygen atoms in total. The summed E-state index contributed by atoms with van der Waals surface area (Å²) in [5.41, 5.74) is 1.94. The quantitative estimate of drug-likeness (QED) is 0.491. The Morgan fingerprint density at radius 1 is 1.24 bits per heavy atom. The summed E-state index contributed by atoms with van der Waals surface area (Å²) in [6.45, 7) is 4.12. The molecule has 21 heavy (non-hydrogen) atoms. The second-order valence-electron chi connectivity index (χ2n) is 4.43. The van der Waals surface area contributed by atoms with Crippen LogP contribution in [0.15, 0.2) is 69.9 Å². The minimum Gasteiger partial charge on any atom is -0.463 e. The van der Waals surface area contributed by atoms with E-state index in [4.69, 9.17) is 4.42 Å². The zero-order valence-corrected chi connectivity index (χ0v) is 11.3. The lowest BCUT2D eigenvalue weighted by Crippen LogP contribution is -2.30. The molecule has 3 rings (SSSR count). The van der Waals surface area contributed by atoms with Crippen molar-refractivity contribution in [1.29, 1.82) is 0 Å². The number of hydrogen-bond donors (Lipinski definition) is 0. The van der Waals surface area contributed by atoms with Crippen molar-refractivity contribution in [3.05, 3.63) is 66.6 Å². The molecule has 0 saturated heterocycles. The van der Waals surface area contributed by atoms with Crippen LogP contribution in [-0.4, -0.2) is 24.4 Å². The highest BCUT2D eigenvalue weighted by atomic mass is 16.3. The van der Waals surface area contributed by atoms with Gasteiger partial charge in [0.2, 0.25) is 0 Å². The molecule has 2 aromatic rings. The van der Waals surface area contributed by atoms with Crippen molar-refractivity contribution in [2.45, 2.75) is 0 Å². The number of para-hydroxylation sites is 1. The lowest BCUT2D eigenvalue weighted by atomic mass is 10.1. The van der Waals surface area contributed by atoms with Gasteiger partial charge in [0.15, 0.2) is 5.71 Å². The number of amides is 1. The van der Waals surface area contributed by atoms with Gasteiger partial charge < -0.3 is 9.32 Å². The van der Waals surface area contributed by atoms with Crippen molar-refractivity contribution in [3.63, 3.8) is 0 Å². The van der Waals surface area contributed by atoms with Gasteiger partial charge in [-0.1, -0.05) is 24.3 Å². The van der Waals surface area contributed by atoms with E-state index < -0.39 is 0 Å². The molecule has 1 aliphatic heterocycles. The topological polar surface area (TPSA) is 58.2 Å². The maximum Gasteiger partial charge on any atom is 0.279 e. The maximum atomic E-state index is 12.4. The zero-order valence-electron chi connectivity index (χ0n) is 11.3. The van der Waals surface area contributed by atoms with E-state index in [2.05, 4.69) is 16.8 Å². The van der Waals surface area contributed by atoms with E-state index in [1.807, 2.05) is 24.3 Å². The van der Waals surface area contributed by atoms with Gasteiger partial charge in [0, 0.05) is 12.1 Å². The SMILES string of the molecule is C=CCN1C(=O)/C(=N/N=C\c2ccco2)c2ccccc21. The first-order valence-electron chi connectivity index (χ1n) is 6.48. The molecule has 0 atom stereocenters. The van der Waals surface area contributed by atoms with Gasteiger partial charge in [-0.05, 0) is 18.2 Å². The van der Waals surface area contributed by atoms with Gasteiger partial charge in [0.1, 0.15) is 5.76 Å². The minimum atomic E-state index is -0.173. The summed E-state index contributed by atoms with van der Waals surface area (Å²) >= 11 is 0. The molecule has 0 radical (unpaired) electrons. The summed E-state index contributed by atoms with van der Waals surface area (Å²) in [4.78, 5) is 14.0. The van der Waals surface area contributed by atoms with Crippen molar-refractivity contribution >= 4 is 23.5 Å². The fourth-order valence-corrected chi connectivity index (χ4v) is 2.18. The molecule has 1 amide bonds. The number of rotatable bonds is 4. The first-order valence-corrected chi connectivity index (χ1v) is 6.48. The number of anilines is 1. The number of carbonyl (C=O) groups is 1. The predicted octanol–water partition coefficient (Wildman–Crippen LogP) is 2.64. The van der Waals surface area contributed by atoms with E-state index in [1.54, 1.807) is 29.4 Å². The van der Waals surface area contributed by atoms with E-state index in [-0.39, 0.29) is 5.91 Å². The Morgan fingerprint density at radius 3 is 2.86 bits per heavy atom. The average Bonchev–Trinajstić information content (AvgIpc) is 3.10. The average molecular weight is 279 g/mol. The molecule has 5 heteroatoms. The summed E-state index contributed by atoms with van der Waals surface area (Å²) in [6.07, 6.45) is 4.71. The fourth-order valence-electron chi connectivity index (χ4n) is 2.18. The number of furan rings is 1. The van der Waals surface area contributed by atoms with Crippen LogP contribution in [0, 0.1) is 0 Å². The van der Waals surface area contributed by atoms with Gasteiger partial charge in [-0.15, -0.1) is 11.7 Å². The van der Waals surface area contributed by atoms with Crippen molar-refractivity contribution in [3.8, 4) is 0 Å². The standard InChI is InChI=1S/C16H13N3O2/c1-2-9-19-14-8-4-3-7-13(14)15(16(19)20)18-17-11-12-6-5-10-21-12/h2-8,10-11H,1,9H2/b17-11-,18-15+. The molecule has 1 aromatic carbocycles. The highest BCUT2D eigenvalue weighted by Crippen LogP contribution is 2.28. The molecule has 0 N–H and O–H groups in total. The molecule has 0 fully saturated rings. The third-order valence-electron chi connectivity index (χ3n) is 3.10. The first kappa shape index (κ1) is 13.1. The summed E-state index contributed by atoms with van der Waals surface area (Å²) in [7, 11) is 0. The van der Waals surface area contributed by atoms with Crippen LogP contribution in [-0.2, 0) is 4.79 Å². The van der Waals surface area contributed by atoms with Crippen molar-refractivity contribution < 1.29 is 9.21 Å². The maximum absolute atomic E-state index is 12.4. The third-order valence-corrected chi connectivity index (χ3v) is 3.10. The van der Waals surface area contributed by atoms with Crippen LogP contribution in [0.3, 0.4) is 0 Å². The van der Waals surface area contributed by atoms with E-state index >= 15 is 0 Å². The van der Waals surface area contributed by atoms with Crippen LogP contribution in [0.5, 0.6) is 0 Å². The number of hydrogen-bond acceptors (Lipinski definition) is 4. The Morgan fingerprint density at radius 2 is 2.10 bits per heavy atom. The van der Waals surface area contributed by atoms with Gasteiger partial charge >= 0.3 is 0 Å². The van der Waals surface area contributed by atoms with Gasteiger partial charge in [0.05, 0.1) is 18.2 Å². The largest absolute Gasteiger partial charge is 0.463 e. The highest BCUT2D eigenvalue weighted by molar-refractivity contribution is 6.54. The van der Waals surface area contributed by atoms with Gasteiger partial charge in [-0.3, -0.25) is 4.79 Å². The second-order valence-corrected chi connectivity index (χ2v) is 4.43. The Hall–Kier alpha value is -2.95. The zero-order chi connectivity index (χ0) is 14.7. The van der Waals surface area contributed by atoms with E-state index in [0.717, 1.165) is 11.3 Å². The smallest absolute Gasteiger partial charge is 0.279 e. The molecule has 0 unspecified atom stereocenters. The lowest BCUT2D eigenvalue weighted by Gasteiger charge is -2.13. The van der Waals surface area contributed by atoms with Gasteiger partial charge in [-0.2, -0.15) is 5.10 Å². The van der Waals surface area contributed by atoms with E-state index in [9.17, 15) is 4.79 Å². The minimum absolute atomic E-state index is 0.173. The van der Waals surface area contributed by atoms with Crippen molar-refractivity contribution in [2.75, 3.05) is 11.4 Å². The Bertz CT molecular complexity index is 730. The molecular weight excluding hydrogens is 266 g/mol. The summed E-state index contributed by atoms with van der Waals surface area (Å²) in [5.74, 6) is 0.411. The number of fused-ring (bicyclic) bond motifs is 1. The van der Waals surface area contributed by atoms with Gasteiger partial charge in [-0.25, -0.2) is 0 Å². The molecule has 104 valence electrons. The predicted molar refractivity (Wildman–Crippen MR) is 81.8 cm³/mol. The van der Waals surface area contributed by atoms with Crippen LogP contribution >= 0.6 is 0 Å². The summed E-state index contributed by atoms with van der Waals surface area (Å²) < 4.78 is 5.13. The Balaban J connectivity index is 1.95. The van der Waals surface area contributed by atoms with Crippen LogP contribution in [0.1, 0.15) is 11.3 Å². The Labute approximate surface area is 121 Å². The van der Waals surface area contributed by atoms with E-state index in [0.29, 0.717) is 18.0 Å². The molecular formula is C16H13N3O2. The van der Waals surface area contributed by atoms with Crippen molar-refractivity contribution in [2.24, 2.45) is 10.2 Å². The summed E-state index contributed by atoms with van der Waals surface area (Å²) in [6, 6.07) is 11.0. The molecule has 0 spiro atoms. The molecule has 2 heterocycles. The first-order chi connectivity index (χ1) is 10.3. The van der Waals surface area contributed by atoms with Gasteiger partial charge in [0.25, 0.3) is 5.91 Å². The molecule has 0 aliphatic carbocycles. The molecule has 1 aliphatic rings.